The van der Waals surface area contributed by atoms with Crippen LogP contribution in [0.5, 0.6) is 5.75 Å². The molecule has 2 amide bonds. The van der Waals surface area contributed by atoms with Gasteiger partial charge in [-0.1, -0.05) is 0 Å². The van der Waals surface area contributed by atoms with E-state index in [4.69, 9.17) is 9.47 Å². The van der Waals surface area contributed by atoms with Crippen molar-refractivity contribution in [3.05, 3.63) is 29.1 Å². The first kappa shape index (κ1) is 10.1. The summed E-state index contributed by atoms with van der Waals surface area (Å²) >= 11 is 0. The summed E-state index contributed by atoms with van der Waals surface area (Å²) in [5.74, 6) is -0.625. The SMILES string of the molecule is O=C1NC(=O)C(c2cc(F)cc3c2OCC3)O1. The molecule has 0 aromatic heterocycles. The van der Waals surface area contributed by atoms with Gasteiger partial charge >= 0.3 is 6.09 Å². The van der Waals surface area contributed by atoms with E-state index in [0.717, 1.165) is 6.07 Å². The number of imide groups is 1. The zero-order valence-electron chi connectivity index (χ0n) is 8.66. The Labute approximate surface area is 95.5 Å². The second-order valence-corrected chi connectivity index (χ2v) is 3.86. The lowest BCUT2D eigenvalue weighted by atomic mass is 10.0. The molecule has 17 heavy (non-hydrogen) atoms. The molecule has 0 bridgehead atoms. The van der Waals surface area contributed by atoms with Crippen LogP contribution >= 0.6 is 0 Å². The molecule has 0 spiro atoms. The van der Waals surface area contributed by atoms with Gasteiger partial charge in [0, 0.05) is 17.5 Å². The molecular weight excluding hydrogens is 229 g/mol. The van der Waals surface area contributed by atoms with Crippen molar-refractivity contribution in [2.45, 2.75) is 12.5 Å². The highest BCUT2D eigenvalue weighted by Gasteiger charge is 2.37. The molecule has 1 aromatic rings. The van der Waals surface area contributed by atoms with Crippen molar-refractivity contribution in [3.63, 3.8) is 0 Å². The summed E-state index contributed by atoms with van der Waals surface area (Å²) in [6, 6.07) is 2.52. The van der Waals surface area contributed by atoms with Gasteiger partial charge in [0.25, 0.3) is 5.91 Å². The number of nitrogens with one attached hydrogen (secondary N) is 1. The largest absolute Gasteiger partial charge is 0.493 e. The molecule has 1 aromatic carbocycles. The van der Waals surface area contributed by atoms with E-state index in [9.17, 15) is 14.0 Å². The molecule has 1 atom stereocenters. The molecule has 2 aliphatic rings. The van der Waals surface area contributed by atoms with Gasteiger partial charge in [-0.3, -0.25) is 10.1 Å². The molecule has 0 aliphatic carbocycles. The molecule has 1 N–H and O–H groups in total. The van der Waals surface area contributed by atoms with Crippen LogP contribution in [0.25, 0.3) is 0 Å². The van der Waals surface area contributed by atoms with E-state index < -0.39 is 23.9 Å². The van der Waals surface area contributed by atoms with Crippen molar-refractivity contribution in [2.75, 3.05) is 6.61 Å². The van der Waals surface area contributed by atoms with E-state index in [2.05, 4.69) is 0 Å². The number of alkyl carbamates (subject to hydrolysis) is 1. The van der Waals surface area contributed by atoms with Crippen molar-refractivity contribution < 1.29 is 23.5 Å². The number of cyclic esters (lactones) is 1. The van der Waals surface area contributed by atoms with E-state index in [1.165, 1.54) is 6.07 Å². The minimum atomic E-state index is -1.12. The second kappa shape index (κ2) is 3.44. The standard InChI is InChI=1S/C11H8FNO4/c12-6-3-5-1-2-16-8(5)7(4-6)9-10(14)13-11(15)17-9/h3-4,9H,1-2H2,(H,13,14,15). The van der Waals surface area contributed by atoms with Crippen LogP contribution in [0.4, 0.5) is 9.18 Å². The van der Waals surface area contributed by atoms with Gasteiger partial charge in [0.15, 0.2) is 0 Å². The number of benzene rings is 1. The van der Waals surface area contributed by atoms with Crippen LogP contribution in [-0.4, -0.2) is 18.6 Å². The summed E-state index contributed by atoms with van der Waals surface area (Å²) in [6.07, 6.45) is -1.36. The number of halogens is 1. The van der Waals surface area contributed by atoms with E-state index in [1.54, 1.807) is 0 Å². The molecule has 6 heteroatoms. The minimum Gasteiger partial charge on any atom is -0.493 e. The average molecular weight is 237 g/mol. The summed E-state index contributed by atoms with van der Waals surface area (Å²) in [6.45, 7) is 0.439. The highest BCUT2D eigenvalue weighted by molar-refractivity contribution is 6.00. The van der Waals surface area contributed by atoms with Crippen molar-refractivity contribution in [1.82, 2.24) is 5.32 Å². The number of amides is 2. The van der Waals surface area contributed by atoms with Crippen molar-refractivity contribution in [3.8, 4) is 5.75 Å². The maximum atomic E-state index is 13.4. The van der Waals surface area contributed by atoms with Gasteiger partial charge in [-0.15, -0.1) is 0 Å². The minimum absolute atomic E-state index is 0.265. The molecule has 0 radical (unpaired) electrons. The highest BCUT2D eigenvalue weighted by atomic mass is 19.1. The molecule has 5 nitrogen and oxygen atoms in total. The van der Waals surface area contributed by atoms with Crippen LogP contribution < -0.4 is 10.1 Å². The summed E-state index contributed by atoms with van der Waals surface area (Å²) in [5.41, 5.74) is 0.955. The van der Waals surface area contributed by atoms with E-state index in [1.807, 2.05) is 5.32 Å². The third-order valence-electron chi connectivity index (χ3n) is 2.75. The number of hydrogen-bond acceptors (Lipinski definition) is 4. The molecule has 1 fully saturated rings. The normalized spacial score (nSPS) is 21.8. The lowest BCUT2D eigenvalue weighted by Crippen LogP contribution is -2.20. The smallest absolute Gasteiger partial charge is 0.415 e. The number of fused-ring (bicyclic) bond motifs is 1. The number of hydrogen-bond donors (Lipinski definition) is 1. The van der Waals surface area contributed by atoms with E-state index >= 15 is 0 Å². The van der Waals surface area contributed by atoms with Crippen molar-refractivity contribution >= 4 is 12.0 Å². The predicted molar refractivity (Wildman–Crippen MR) is 53.0 cm³/mol. The molecule has 2 heterocycles. The Morgan fingerprint density at radius 2 is 2.18 bits per heavy atom. The predicted octanol–water partition coefficient (Wildman–Crippen LogP) is 1.07. The van der Waals surface area contributed by atoms with Gasteiger partial charge in [-0.2, -0.15) is 0 Å². The lowest BCUT2D eigenvalue weighted by Gasteiger charge is -2.11. The first-order valence-corrected chi connectivity index (χ1v) is 5.12. The molecule has 2 aliphatic heterocycles. The Balaban J connectivity index is 2.09. The van der Waals surface area contributed by atoms with Gasteiger partial charge in [-0.05, 0) is 12.1 Å². The maximum absolute atomic E-state index is 13.4. The molecule has 88 valence electrons. The van der Waals surface area contributed by atoms with Crippen LogP contribution in [0, 0.1) is 5.82 Å². The van der Waals surface area contributed by atoms with Crippen LogP contribution in [0.1, 0.15) is 17.2 Å². The van der Waals surface area contributed by atoms with Crippen molar-refractivity contribution in [2.24, 2.45) is 0 Å². The quantitative estimate of drug-likeness (QED) is 0.793. The number of rotatable bonds is 1. The fourth-order valence-corrected chi connectivity index (χ4v) is 2.05. The number of carbonyl (C=O) groups is 2. The number of ether oxygens (including phenoxy) is 2. The fourth-order valence-electron chi connectivity index (χ4n) is 2.05. The Morgan fingerprint density at radius 1 is 1.35 bits per heavy atom. The average Bonchev–Trinajstić information content (AvgIpc) is 2.83. The summed E-state index contributed by atoms with van der Waals surface area (Å²) in [4.78, 5) is 22.4. The topological polar surface area (TPSA) is 64.6 Å². The van der Waals surface area contributed by atoms with Gasteiger partial charge in [0.05, 0.1) is 6.61 Å². The Morgan fingerprint density at radius 3 is 2.88 bits per heavy atom. The molecule has 1 saturated heterocycles. The molecule has 3 rings (SSSR count). The molecular formula is C11H8FNO4. The first-order chi connectivity index (χ1) is 8.15. The van der Waals surface area contributed by atoms with Crippen LogP contribution in [0.3, 0.4) is 0 Å². The Hall–Kier alpha value is -2.11. The van der Waals surface area contributed by atoms with Gasteiger partial charge in [0.1, 0.15) is 11.6 Å². The monoisotopic (exact) mass is 237 g/mol. The maximum Gasteiger partial charge on any atom is 0.415 e. The summed E-state index contributed by atoms with van der Waals surface area (Å²) in [5, 5.41) is 2.00. The molecule has 0 saturated carbocycles. The fraction of sp³-hybridized carbons (Fsp3) is 0.273. The second-order valence-electron chi connectivity index (χ2n) is 3.86. The van der Waals surface area contributed by atoms with Gasteiger partial charge in [-0.25, -0.2) is 9.18 Å². The zero-order chi connectivity index (χ0) is 12.0. The van der Waals surface area contributed by atoms with Crippen LogP contribution in [-0.2, 0) is 16.0 Å². The van der Waals surface area contributed by atoms with Crippen molar-refractivity contribution in [1.29, 1.82) is 0 Å². The lowest BCUT2D eigenvalue weighted by molar-refractivity contribution is -0.123. The van der Waals surface area contributed by atoms with Gasteiger partial charge in [0.2, 0.25) is 6.10 Å². The van der Waals surface area contributed by atoms with E-state index in [0.29, 0.717) is 24.3 Å². The third-order valence-corrected chi connectivity index (χ3v) is 2.75. The van der Waals surface area contributed by atoms with Crippen LogP contribution in [0.15, 0.2) is 12.1 Å². The van der Waals surface area contributed by atoms with Crippen LogP contribution in [0.2, 0.25) is 0 Å². The van der Waals surface area contributed by atoms with Gasteiger partial charge < -0.3 is 9.47 Å². The zero-order valence-corrected chi connectivity index (χ0v) is 8.66. The van der Waals surface area contributed by atoms with E-state index in [-0.39, 0.29) is 5.56 Å². The third kappa shape index (κ3) is 1.52. The summed E-state index contributed by atoms with van der Waals surface area (Å²) in [7, 11) is 0. The Bertz CT molecular complexity index is 528. The number of carbonyl (C=O) groups excluding carboxylic acids is 2. The first-order valence-electron chi connectivity index (χ1n) is 5.12. The Kier molecular flexibility index (Phi) is 2.04. The highest BCUT2D eigenvalue weighted by Crippen LogP contribution is 2.37. The molecule has 1 unspecified atom stereocenters. The summed E-state index contributed by atoms with van der Waals surface area (Å²) < 4.78 is 23.5.